The summed E-state index contributed by atoms with van der Waals surface area (Å²) in [7, 11) is 0. The number of anilines is 1. The minimum atomic E-state index is -0.922. The van der Waals surface area contributed by atoms with Crippen molar-refractivity contribution < 1.29 is 23.8 Å². The molecule has 0 radical (unpaired) electrons. The second-order valence-corrected chi connectivity index (χ2v) is 3.38. The molecule has 0 aromatic carbocycles. The van der Waals surface area contributed by atoms with Crippen LogP contribution in [-0.4, -0.2) is 35.2 Å². The number of carbonyl (C=O) groups is 2. The van der Waals surface area contributed by atoms with Crippen molar-refractivity contribution >= 4 is 18.0 Å². The lowest BCUT2D eigenvalue weighted by atomic mass is 10.2. The summed E-state index contributed by atoms with van der Waals surface area (Å²) >= 11 is 0. The van der Waals surface area contributed by atoms with Gasteiger partial charge in [0.1, 0.15) is 6.26 Å². The SMILES string of the molecule is CCOC(=O)c1coc(NCC(C)C(=O)O)n1. The molecule has 1 unspecified atom stereocenters. The number of carbonyl (C=O) groups excluding carboxylic acids is 1. The molecular formula is C10H14N2O5. The van der Waals surface area contributed by atoms with E-state index in [-0.39, 0.29) is 24.9 Å². The van der Waals surface area contributed by atoms with Gasteiger partial charge in [-0.1, -0.05) is 6.92 Å². The Balaban J connectivity index is 2.51. The Morgan fingerprint density at radius 3 is 2.94 bits per heavy atom. The summed E-state index contributed by atoms with van der Waals surface area (Å²) in [6.07, 6.45) is 1.16. The lowest BCUT2D eigenvalue weighted by molar-refractivity contribution is -0.140. The summed E-state index contributed by atoms with van der Waals surface area (Å²) in [6, 6.07) is 0.0983. The standard InChI is InChI=1S/C10H14N2O5/c1-3-16-9(15)7-5-17-10(12-7)11-4-6(2)8(13)14/h5-6H,3-4H2,1-2H3,(H,11,12)(H,13,14). The van der Waals surface area contributed by atoms with E-state index in [0.29, 0.717) is 0 Å². The molecule has 1 atom stereocenters. The van der Waals surface area contributed by atoms with Crippen molar-refractivity contribution in [1.82, 2.24) is 4.98 Å². The average Bonchev–Trinajstić information content (AvgIpc) is 2.74. The first kappa shape index (κ1) is 13.0. The van der Waals surface area contributed by atoms with Crippen LogP contribution >= 0.6 is 0 Å². The number of ether oxygens (including phenoxy) is 1. The van der Waals surface area contributed by atoms with Crippen LogP contribution in [0.3, 0.4) is 0 Å². The molecular weight excluding hydrogens is 228 g/mol. The Hall–Kier alpha value is -2.05. The van der Waals surface area contributed by atoms with Gasteiger partial charge in [0.05, 0.1) is 12.5 Å². The number of aromatic nitrogens is 1. The molecule has 0 aliphatic heterocycles. The Morgan fingerprint density at radius 2 is 2.35 bits per heavy atom. The summed E-state index contributed by atoms with van der Waals surface area (Å²) < 4.78 is 9.67. The van der Waals surface area contributed by atoms with Crippen LogP contribution in [0.25, 0.3) is 0 Å². The van der Waals surface area contributed by atoms with Crippen LogP contribution in [0.5, 0.6) is 0 Å². The Morgan fingerprint density at radius 1 is 1.65 bits per heavy atom. The van der Waals surface area contributed by atoms with E-state index in [1.807, 2.05) is 0 Å². The first-order valence-corrected chi connectivity index (χ1v) is 5.14. The number of oxazole rings is 1. The Kier molecular flexibility index (Phi) is 4.50. The first-order chi connectivity index (χ1) is 8.04. The second kappa shape index (κ2) is 5.88. The smallest absolute Gasteiger partial charge is 0.360 e. The van der Waals surface area contributed by atoms with Crippen LogP contribution in [0, 0.1) is 5.92 Å². The monoisotopic (exact) mass is 242 g/mol. The molecule has 0 fully saturated rings. The summed E-state index contributed by atoms with van der Waals surface area (Å²) in [5, 5.41) is 11.3. The summed E-state index contributed by atoms with van der Waals surface area (Å²) in [6.45, 7) is 3.65. The summed E-state index contributed by atoms with van der Waals surface area (Å²) in [5.74, 6) is -2.07. The van der Waals surface area contributed by atoms with E-state index in [1.165, 1.54) is 0 Å². The zero-order chi connectivity index (χ0) is 12.8. The van der Waals surface area contributed by atoms with Gasteiger partial charge in [-0.25, -0.2) is 4.79 Å². The molecule has 7 heteroatoms. The van der Waals surface area contributed by atoms with Gasteiger partial charge >= 0.3 is 11.9 Å². The van der Waals surface area contributed by atoms with Crippen molar-refractivity contribution in [3.63, 3.8) is 0 Å². The maximum Gasteiger partial charge on any atom is 0.360 e. The van der Waals surface area contributed by atoms with Gasteiger partial charge in [-0.05, 0) is 6.92 Å². The molecule has 0 aliphatic carbocycles. The molecule has 1 rings (SSSR count). The number of rotatable bonds is 6. The van der Waals surface area contributed by atoms with Crippen molar-refractivity contribution in [1.29, 1.82) is 0 Å². The maximum atomic E-state index is 11.2. The molecule has 17 heavy (non-hydrogen) atoms. The molecule has 1 aromatic heterocycles. The zero-order valence-corrected chi connectivity index (χ0v) is 9.60. The maximum absolute atomic E-state index is 11.2. The number of esters is 1. The van der Waals surface area contributed by atoms with Gasteiger partial charge in [0.25, 0.3) is 6.01 Å². The number of nitrogens with one attached hydrogen (secondary N) is 1. The third-order valence-corrected chi connectivity index (χ3v) is 1.97. The van der Waals surface area contributed by atoms with E-state index in [9.17, 15) is 9.59 Å². The van der Waals surface area contributed by atoms with E-state index in [1.54, 1.807) is 13.8 Å². The molecule has 2 N–H and O–H groups in total. The number of hydrogen-bond donors (Lipinski definition) is 2. The first-order valence-electron chi connectivity index (χ1n) is 5.14. The molecule has 7 nitrogen and oxygen atoms in total. The molecule has 1 aromatic rings. The molecule has 1 heterocycles. The van der Waals surface area contributed by atoms with Crippen LogP contribution in [0.4, 0.5) is 6.01 Å². The van der Waals surface area contributed by atoms with Crippen LogP contribution in [0.2, 0.25) is 0 Å². The summed E-state index contributed by atoms with van der Waals surface area (Å²) in [5.41, 5.74) is 0.0531. The molecule has 0 saturated heterocycles. The zero-order valence-electron chi connectivity index (χ0n) is 9.60. The number of carboxylic acid groups (broad SMARTS) is 1. The molecule has 0 bridgehead atoms. The van der Waals surface area contributed by atoms with Gasteiger partial charge in [-0.2, -0.15) is 4.98 Å². The minimum Gasteiger partial charge on any atom is -0.481 e. The van der Waals surface area contributed by atoms with Crippen molar-refractivity contribution in [2.24, 2.45) is 5.92 Å². The molecule has 94 valence electrons. The van der Waals surface area contributed by atoms with E-state index >= 15 is 0 Å². The van der Waals surface area contributed by atoms with Gasteiger partial charge in [-0.15, -0.1) is 0 Å². The van der Waals surface area contributed by atoms with Gasteiger partial charge < -0.3 is 19.6 Å². The van der Waals surface area contributed by atoms with Crippen molar-refractivity contribution in [2.75, 3.05) is 18.5 Å². The number of nitrogens with zero attached hydrogens (tertiary/aromatic N) is 1. The molecule has 0 saturated carbocycles. The third-order valence-electron chi connectivity index (χ3n) is 1.97. The number of carboxylic acids is 1. The van der Waals surface area contributed by atoms with Gasteiger partial charge in [0, 0.05) is 6.54 Å². The van der Waals surface area contributed by atoms with E-state index < -0.39 is 17.9 Å². The third kappa shape index (κ3) is 3.78. The lowest BCUT2D eigenvalue weighted by Crippen LogP contribution is -2.19. The van der Waals surface area contributed by atoms with Crippen LogP contribution < -0.4 is 5.32 Å². The highest BCUT2D eigenvalue weighted by atomic mass is 16.5. The number of aliphatic carboxylic acids is 1. The fourth-order valence-corrected chi connectivity index (χ4v) is 0.981. The molecule has 0 aliphatic rings. The van der Waals surface area contributed by atoms with Crippen molar-refractivity contribution in [3.05, 3.63) is 12.0 Å². The van der Waals surface area contributed by atoms with Crippen molar-refractivity contribution in [3.8, 4) is 0 Å². The van der Waals surface area contributed by atoms with Crippen molar-refractivity contribution in [2.45, 2.75) is 13.8 Å². The molecule has 0 spiro atoms. The predicted molar refractivity (Wildman–Crippen MR) is 57.7 cm³/mol. The molecule has 0 amide bonds. The topological polar surface area (TPSA) is 102 Å². The van der Waals surface area contributed by atoms with Crippen LogP contribution in [0.15, 0.2) is 10.7 Å². The van der Waals surface area contributed by atoms with Gasteiger partial charge in [-0.3, -0.25) is 4.79 Å². The highest BCUT2D eigenvalue weighted by Crippen LogP contribution is 2.09. The van der Waals surface area contributed by atoms with Crippen LogP contribution in [-0.2, 0) is 9.53 Å². The minimum absolute atomic E-state index is 0.0531. The Labute approximate surface area is 97.8 Å². The summed E-state index contributed by atoms with van der Waals surface area (Å²) in [4.78, 5) is 25.6. The van der Waals surface area contributed by atoms with E-state index in [4.69, 9.17) is 14.3 Å². The Bertz CT molecular complexity index is 401. The normalized spacial score (nSPS) is 11.9. The fraction of sp³-hybridized carbons (Fsp3) is 0.500. The van der Waals surface area contributed by atoms with E-state index in [2.05, 4.69) is 10.3 Å². The highest BCUT2D eigenvalue weighted by Gasteiger charge is 2.15. The lowest BCUT2D eigenvalue weighted by Gasteiger charge is -2.05. The highest BCUT2D eigenvalue weighted by molar-refractivity contribution is 5.87. The average molecular weight is 242 g/mol. The largest absolute Gasteiger partial charge is 0.481 e. The van der Waals surface area contributed by atoms with Gasteiger partial charge in [0.2, 0.25) is 0 Å². The number of hydrogen-bond acceptors (Lipinski definition) is 6. The van der Waals surface area contributed by atoms with E-state index in [0.717, 1.165) is 6.26 Å². The predicted octanol–water partition coefficient (Wildman–Crippen LogP) is 0.984. The second-order valence-electron chi connectivity index (χ2n) is 3.38. The quantitative estimate of drug-likeness (QED) is 0.717. The fourth-order valence-electron chi connectivity index (χ4n) is 0.981. The van der Waals surface area contributed by atoms with Crippen LogP contribution in [0.1, 0.15) is 24.3 Å². The van der Waals surface area contributed by atoms with Gasteiger partial charge in [0.15, 0.2) is 5.69 Å².